The lowest BCUT2D eigenvalue weighted by Gasteiger charge is -2.39. The molecule has 0 spiro atoms. The molecule has 0 aromatic carbocycles. The Balaban J connectivity index is 1.90. The van der Waals surface area contributed by atoms with Crippen LogP contribution in [0.2, 0.25) is 0 Å². The first kappa shape index (κ1) is 13.5. The topological polar surface area (TPSA) is 34.2 Å². The zero-order chi connectivity index (χ0) is 13.3. The Hall–Kier alpha value is -0.450. The van der Waals surface area contributed by atoms with Gasteiger partial charge >= 0.3 is 0 Å². The minimum atomic E-state index is 0.0565. The number of thiazole rings is 1. The molecule has 2 aliphatic rings. The Bertz CT molecular complexity index is 422. The summed E-state index contributed by atoms with van der Waals surface area (Å²) in [6.07, 6.45) is 8.64. The third-order valence-corrected chi connectivity index (χ3v) is 6.01. The Morgan fingerprint density at radius 3 is 3.00 bits per heavy atom. The molecule has 3 rings (SSSR count). The Labute approximate surface area is 119 Å². The van der Waals surface area contributed by atoms with E-state index in [2.05, 4.69) is 19.3 Å². The number of nitrogens with zero attached hydrogens (tertiary/aromatic N) is 1. The van der Waals surface area contributed by atoms with E-state index in [-0.39, 0.29) is 5.54 Å². The highest BCUT2D eigenvalue weighted by molar-refractivity contribution is 7.11. The van der Waals surface area contributed by atoms with Crippen LogP contribution < -0.4 is 5.32 Å². The molecule has 3 nitrogen and oxygen atoms in total. The fourth-order valence-corrected chi connectivity index (χ4v) is 4.68. The van der Waals surface area contributed by atoms with Gasteiger partial charge in [-0.05, 0) is 52.0 Å². The largest absolute Gasteiger partial charge is 0.378 e. The lowest BCUT2D eigenvalue weighted by molar-refractivity contribution is -0.0303. The molecule has 0 bridgehead atoms. The van der Waals surface area contributed by atoms with Crippen molar-refractivity contribution in [1.82, 2.24) is 10.3 Å². The van der Waals surface area contributed by atoms with Crippen molar-refractivity contribution in [3.05, 3.63) is 15.6 Å². The van der Waals surface area contributed by atoms with E-state index in [0.29, 0.717) is 6.10 Å². The molecule has 19 heavy (non-hydrogen) atoms. The Morgan fingerprint density at radius 2 is 2.26 bits per heavy atom. The molecule has 1 N–H and O–H groups in total. The number of fused-ring (bicyclic) bond motifs is 1. The van der Waals surface area contributed by atoms with Crippen LogP contribution >= 0.6 is 11.3 Å². The summed E-state index contributed by atoms with van der Waals surface area (Å²) in [5.41, 5.74) is 1.43. The molecule has 4 heteroatoms. The molecule has 0 saturated carbocycles. The number of ether oxygens (including phenoxy) is 1. The molecular weight excluding hydrogens is 256 g/mol. The van der Waals surface area contributed by atoms with Gasteiger partial charge < -0.3 is 10.1 Å². The highest BCUT2D eigenvalue weighted by Gasteiger charge is 2.40. The number of aromatic nitrogens is 1. The molecule has 0 radical (unpaired) electrons. The van der Waals surface area contributed by atoms with Gasteiger partial charge in [0.1, 0.15) is 5.01 Å². The quantitative estimate of drug-likeness (QED) is 0.924. The molecule has 2 atom stereocenters. The summed E-state index contributed by atoms with van der Waals surface area (Å²) in [5, 5.41) is 4.88. The average Bonchev–Trinajstić information content (AvgIpc) is 2.91. The standard InChI is InChI=1S/C15H24N2OS/c1-3-11-10-15(16-2,8-9-18-11)14-17-12-6-4-5-7-13(12)19-14/h11,16H,3-10H2,1-2H3. The number of hydrogen-bond donors (Lipinski definition) is 1. The monoisotopic (exact) mass is 280 g/mol. The second-order valence-corrected chi connectivity index (χ2v) is 6.87. The van der Waals surface area contributed by atoms with Crippen LogP contribution in [0, 0.1) is 0 Å². The van der Waals surface area contributed by atoms with E-state index in [0.717, 1.165) is 25.9 Å². The van der Waals surface area contributed by atoms with Crippen molar-refractivity contribution in [2.75, 3.05) is 13.7 Å². The molecule has 2 heterocycles. The molecule has 1 aromatic rings. The van der Waals surface area contributed by atoms with Gasteiger partial charge in [0.2, 0.25) is 0 Å². The van der Waals surface area contributed by atoms with E-state index >= 15 is 0 Å². The van der Waals surface area contributed by atoms with Gasteiger partial charge in [0.25, 0.3) is 0 Å². The van der Waals surface area contributed by atoms with Gasteiger partial charge in [-0.1, -0.05) is 6.92 Å². The zero-order valence-corrected chi connectivity index (χ0v) is 12.8. The maximum absolute atomic E-state index is 5.84. The fourth-order valence-electron chi connectivity index (χ4n) is 3.30. The number of aryl methyl sites for hydroxylation is 2. The van der Waals surface area contributed by atoms with E-state index in [1.165, 1.54) is 41.3 Å². The molecular formula is C15H24N2OS. The highest BCUT2D eigenvalue weighted by Crippen LogP contribution is 2.39. The van der Waals surface area contributed by atoms with Gasteiger partial charge in [-0.15, -0.1) is 11.3 Å². The van der Waals surface area contributed by atoms with Crippen LogP contribution in [0.1, 0.15) is 54.6 Å². The summed E-state index contributed by atoms with van der Waals surface area (Å²) >= 11 is 1.95. The predicted octanol–water partition coefficient (Wildman–Crippen LogP) is 3.03. The van der Waals surface area contributed by atoms with Gasteiger partial charge in [-0.3, -0.25) is 0 Å². The summed E-state index contributed by atoms with van der Waals surface area (Å²) in [5.74, 6) is 0. The smallest absolute Gasteiger partial charge is 0.113 e. The summed E-state index contributed by atoms with van der Waals surface area (Å²) in [4.78, 5) is 6.52. The summed E-state index contributed by atoms with van der Waals surface area (Å²) in [6.45, 7) is 3.06. The molecule has 1 aliphatic carbocycles. The van der Waals surface area contributed by atoms with Crippen molar-refractivity contribution in [3.8, 4) is 0 Å². The van der Waals surface area contributed by atoms with Crippen LogP contribution in [0.25, 0.3) is 0 Å². The molecule has 2 unspecified atom stereocenters. The van der Waals surface area contributed by atoms with Crippen LogP contribution in [0.4, 0.5) is 0 Å². The van der Waals surface area contributed by atoms with Crippen LogP contribution in [0.15, 0.2) is 0 Å². The van der Waals surface area contributed by atoms with E-state index in [9.17, 15) is 0 Å². The van der Waals surface area contributed by atoms with Crippen LogP contribution in [-0.4, -0.2) is 24.7 Å². The first-order chi connectivity index (χ1) is 9.27. The summed E-state index contributed by atoms with van der Waals surface area (Å²) in [6, 6.07) is 0. The second kappa shape index (κ2) is 5.51. The predicted molar refractivity (Wildman–Crippen MR) is 78.8 cm³/mol. The van der Waals surface area contributed by atoms with Gasteiger partial charge in [0, 0.05) is 11.5 Å². The van der Waals surface area contributed by atoms with Crippen molar-refractivity contribution in [3.63, 3.8) is 0 Å². The lowest BCUT2D eigenvalue weighted by atomic mass is 9.86. The molecule has 0 amide bonds. The Kier molecular flexibility index (Phi) is 3.92. The molecule has 1 aromatic heterocycles. The summed E-state index contributed by atoms with van der Waals surface area (Å²) in [7, 11) is 2.08. The van der Waals surface area contributed by atoms with E-state index in [1.807, 2.05) is 11.3 Å². The van der Waals surface area contributed by atoms with Crippen molar-refractivity contribution in [1.29, 1.82) is 0 Å². The van der Waals surface area contributed by atoms with Crippen molar-refractivity contribution in [2.24, 2.45) is 0 Å². The van der Waals surface area contributed by atoms with E-state index in [4.69, 9.17) is 9.72 Å². The fraction of sp³-hybridized carbons (Fsp3) is 0.800. The van der Waals surface area contributed by atoms with Crippen LogP contribution in [-0.2, 0) is 23.1 Å². The third kappa shape index (κ3) is 2.46. The van der Waals surface area contributed by atoms with E-state index < -0.39 is 0 Å². The summed E-state index contributed by atoms with van der Waals surface area (Å²) < 4.78 is 5.84. The minimum Gasteiger partial charge on any atom is -0.378 e. The highest BCUT2D eigenvalue weighted by atomic mass is 32.1. The molecule has 1 aliphatic heterocycles. The molecule has 106 valence electrons. The normalized spacial score (nSPS) is 31.2. The third-order valence-electron chi connectivity index (χ3n) is 4.65. The van der Waals surface area contributed by atoms with Gasteiger partial charge in [0.05, 0.1) is 17.3 Å². The minimum absolute atomic E-state index is 0.0565. The second-order valence-electron chi connectivity index (χ2n) is 5.78. The molecule has 1 fully saturated rings. The molecule has 1 saturated heterocycles. The number of nitrogens with one attached hydrogen (secondary N) is 1. The van der Waals surface area contributed by atoms with Crippen LogP contribution in [0.3, 0.4) is 0 Å². The average molecular weight is 280 g/mol. The van der Waals surface area contributed by atoms with Crippen LogP contribution in [0.5, 0.6) is 0 Å². The lowest BCUT2D eigenvalue weighted by Crippen LogP contribution is -2.47. The maximum atomic E-state index is 5.84. The van der Waals surface area contributed by atoms with Gasteiger partial charge in [-0.25, -0.2) is 4.98 Å². The number of hydrogen-bond acceptors (Lipinski definition) is 4. The van der Waals surface area contributed by atoms with Crippen molar-refractivity contribution < 1.29 is 4.74 Å². The first-order valence-corrected chi connectivity index (χ1v) is 8.38. The van der Waals surface area contributed by atoms with Gasteiger partial charge in [0.15, 0.2) is 0 Å². The Morgan fingerprint density at radius 1 is 1.42 bits per heavy atom. The zero-order valence-electron chi connectivity index (χ0n) is 12.0. The maximum Gasteiger partial charge on any atom is 0.113 e. The van der Waals surface area contributed by atoms with Gasteiger partial charge in [-0.2, -0.15) is 0 Å². The first-order valence-electron chi connectivity index (χ1n) is 7.57. The van der Waals surface area contributed by atoms with Crippen molar-refractivity contribution in [2.45, 2.75) is 63.5 Å². The van der Waals surface area contributed by atoms with Crippen molar-refractivity contribution >= 4 is 11.3 Å². The number of rotatable bonds is 3. The SMILES string of the molecule is CCC1CC(NC)(c2nc3c(s2)CCCC3)CCO1. The van der Waals surface area contributed by atoms with E-state index in [1.54, 1.807) is 0 Å².